The number of aromatic carboxylic acids is 1. The molecular formula is C13H17NO5S. The van der Waals surface area contributed by atoms with E-state index >= 15 is 0 Å². The van der Waals surface area contributed by atoms with Gasteiger partial charge in [0.1, 0.15) is 0 Å². The van der Waals surface area contributed by atoms with Crippen LogP contribution in [0.1, 0.15) is 22.8 Å². The molecule has 6 nitrogen and oxygen atoms in total. The van der Waals surface area contributed by atoms with Crippen LogP contribution in [0.5, 0.6) is 0 Å². The summed E-state index contributed by atoms with van der Waals surface area (Å²) in [7, 11) is -3.69. The Kier molecular flexibility index (Phi) is 4.12. The first-order valence-electron chi connectivity index (χ1n) is 6.28. The molecule has 110 valence electrons. The zero-order valence-corrected chi connectivity index (χ0v) is 12.2. The molecule has 1 N–H and O–H groups in total. The zero-order valence-electron chi connectivity index (χ0n) is 11.4. The van der Waals surface area contributed by atoms with E-state index in [2.05, 4.69) is 0 Å². The number of rotatable bonds is 3. The van der Waals surface area contributed by atoms with Crippen LogP contribution in [0, 0.1) is 6.92 Å². The van der Waals surface area contributed by atoms with Gasteiger partial charge < -0.3 is 9.84 Å². The summed E-state index contributed by atoms with van der Waals surface area (Å²) < 4.78 is 31.9. The van der Waals surface area contributed by atoms with Crippen molar-refractivity contribution in [2.45, 2.75) is 24.8 Å². The van der Waals surface area contributed by atoms with Gasteiger partial charge in [-0.25, -0.2) is 13.2 Å². The molecule has 1 unspecified atom stereocenters. The smallest absolute Gasteiger partial charge is 0.335 e. The first-order valence-corrected chi connectivity index (χ1v) is 7.72. The lowest BCUT2D eigenvalue weighted by molar-refractivity contribution is 0.0101. The Labute approximate surface area is 118 Å². The summed E-state index contributed by atoms with van der Waals surface area (Å²) in [6.45, 7) is 4.37. The van der Waals surface area contributed by atoms with E-state index in [9.17, 15) is 13.2 Å². The molecule has 1 aliphatic rings. The summed E-state index contributed by atoms with van der Waals surface area (Å²) in [6.07, 6.45) is -0.165. The van der Waals surface area contributed by atoms with E-state index in [1.54, 1.807) is 6.92 Å². The van der Waals surface area contributed by atoms with E-state index in [0.29, 0.717) is 12.2 Å². The third-order valence-corrected chi connectivity index (χ3v) is 5.26. The number of sulfonamides is 1. The normalized spacial score (nSPS) is 20.8. The second kappa shape index (κ2) is 5.51. The van der Waals surface area contributed by atoms with Crippen LogP contribution in [0.25, 0.3) is 0 Å². The second-order valence-electron chi connectivity index (χ2n) is 4.83. The Hall–Kier alpha value is -1.44. The number of aryl methyl sites for hydroxylation is 1. The third kappa shape index (κ3) is 2.84. The predicted molar refractivity (Wildman–Crippen MR) is 72.3 cm³/mol. The van der Waals surface area contributed by atoms with Gasteiger partial charge in [-0.3, -0.25) is 0 Å². The van der Waals surface area contributed by atoms with Gasteiger partial charge in [0.25, 0.3) is 0 Å². The summed E-state index contributed by atoms with van der Waals surface area (Å²) in [5.41, 5.74) is 0.504. The summed E-state index contributed by atoms with van der Waals surface area (Å²) >= 11 is 0. The van der Waals surface area contributed by atoms with Gasteiger partial charge >= 0.3 is 5.97 Å². The van der Waals surface area contributed by atoms with Crippen LogP contribution < -0.4 is 0 Å². The molecule has 0 spiro atoms. The maximum atomic E-state index is 12.6. The summed E-state index contributed by atoms with van der Waals surface area (Å²) in [5, 5.41) is 8.99. The first kappa shape index (κ1) is 15.0. The molecule has 0 aromatic heterocycles. The van der Waals surface area contributed by atoms with Crippen molar-refractivity contribution in [1.29, 1.82) is 0 Å². The topological polar surface area (TPSA) is 83.9 Å². The summed E-state index contributed by atoms with van der Waals surface area (Å²) in [5.74, 6) is -1.14. The Bertz CT molecular complexity index is 626. The Morgan fingerprint density at radius 3 is 2.75 bits per heavy atom. The van der Waals surface area contributed by atoms with Crippen molar-refractivity contribution in [3.05, 3.63) is 29.3 Å². The zero-order chi connectivity index (χ0) is 14.9. The van der Waals surface area contributed by atoms with E-state index in [0.717, 1.165) is 0 Å². The maximum absolute atomic E-state index is 12.6. The molecule has 0 bridgehead atoms. The second-order valence-corrected chi connectivity index (χ2v) is 6.74. The molecule has 1 aromatic rings. The fourth-order valence-electron chi connectivity index (χ4n) is 2.15. The highest BCUT2D eigenvalue weighted by molar-refractivity contribution is 7.89. The molecular weight excluding hydrogens is 282 g/mol. The number of ether oxygens (including phenoxy) is 1. The van der Waals surface area contributed by atoms with Crippen LogP contribution in [-0.4, -0.2) is 49.6 Å². The van der Waals surface area contributed by atoms with Crippen LogP contribution in [0.15, 0.2) is 23.1 Å². The van der Waals surface area contributed by atoms with Crippen molar-refractivity contribution in [1.82, 2.24) is 4.31 Å². The van der Waals surface area contributed by atoms with E-state index in [-0.39, 0.29) is 29.7 Å². The number of hydrogen-bond acceptors (Lipinski definition) is 4. The van der Waals surface area contributed by atoms with Gasteiger partial charge in [0, 0.05) is 13.1 Å². The molecule has 1 fully saturated rings. The molecule has 20 heavy (non-hydrogen) atoms. The van der Waals surface area contributed by atoms with Gasteiger partial charge in [-0.05, 0) is 31.5 Å². The van der Waals surface area contributed by atoms with Crippen LogP contribution in [0.4, 0.5) is 0 Å². The lowest BCUT2D eigenvalue weighted by Crippen LogP contribution is -2.44. The highest BCUT2D eigenvalue weighted by atomic mass is 32.2. The molecule has 7 heteroatoms. The van der Waals surface area contributed by atoms with E-state index in [4.69, 9.17) is 9.84 Å². The molecule has 0 saturated carbocycles. The fourth-order valence-corrected chi connectivity index (χ4v) is 3.90. The quantitative estimate of drug-likeness (QED) is 0.903. The minimum atomic E-state index is -3.69. The number of carbonyl (C=O) groups is 1. The number of carboxylic acids is 1. The molecule has 1 atom stereocenters. The Balaban J connectivity index is 2.43. The standard InChI is InChI=1S/C13H17NO5S/c1-9-3-4-11(13(15)16)7-12(9)20(17,18)14-5-6-19-10(2)8-14/h3-4,7,10H,5-6,8H2,1-2H3,(H,15,16). The number of carboxylic acid groups (broad SMARTS) is 1. The van der Waals surface area contributed by atoms with Crippen molar-refractivity contribution in [2.75, 3.05) is 19.7 Å². The molecule has 1 heterocycles. The van der Waals surface area contributed by atoms with Crippen molar-refractivity contribution < 1.29 is 23.1 Å². The average Bonchev–Trinajstić information content (AvgIpc) is 2.38. The summed E-state index contributed by atoms with van der Waals surface area (Å²) in [4.78, 5) is 11.0. The SMILES string of the molecule is Cc1ccc(C(=O)O)cc1S(=O)(=O)N1CCOC(C)C1. The van der Waals surface area contributed by atoms with Crippen molar-refractivity contribution >= 4 is 16.0 Å². The van der Waals surface area contributed by atoms with Gasteiger partial charge in [-0.15, -0.1) is 0 Å². The van der Waals surface area contributed by atoms with Gasteiger partial charge in [-0.1, -0.05) is 6.07 Å². The van der Waals surface area contributed by atoms with Gasteiger partial charge in [0.2, 0.25) is 10.0 Å². The third-order valence-electron chi connectivity index (χ3n) is 3.26. The molecule has 0 aliphatic carbocycles. The van der Waals surface area contributed by atoms with E-state index in [1.807, 2.05) is 6.92 Å². The average molecular weight is 299 g/mol. The predicted octanol–water partition coefficient (Wildman–Crippen LogP) is 1.10. The molecule has 0 radical (unpaired) electrons. The monoisotopic (exact) mass is 299 g/mol. The van der Waals surface area contributed by atoms with Crippen molar-refractivity contribution in [3.63, 3.8) is 0 Å². The largest absolute Gasteiger partial charge is 0.478 e. The van der Waals surface area contributed by atoms with Gasteiger partial charge in [0.05, 0.1) is 23.2 Å². The molecule has 0 amide bonds. The Morgan fingerprint density at radius 2 is 2.15 bits per heavy atom. The van der Waals surface area contributed by atoms with Crippen molar-refractivity contribution in [3.8, 4) is 0 Å². The van der Waals surface area contributed by atoms with Gasteiger partial charge in [-0.2, -0.15) is 4.31 Å². The van der Waals surface area contributed by atoms with Crippen LogP contribution in [0.2, 0.25) is 0 Å². The molecule has 1 aromatic carbocycles. The lowest BCUT2D eigenvalue weighted by atomic mass is 10.1. The minimum Gasteiger partial charge on any atom is -0.478 e. The fraction of sp³-hybridized carbons (Fsp3) is 0.462. The molecule has 1 saturated heterocycles. The number of hydrogen-bond donors (Lipinski definition) is 1. The molecule has 1 aliphatic heterocycles. The minimum absolute atomic E-state index is 0.0320. The van der Waals surface area contributed by atoms with Crippen LogP contribution >= 0.6 is 0 Å². The first-order chi connectivity index (χ1) is 9.32. The highest BCUT2D eigenvalue weighted by Gasteiger charge is 2.30. The number of morpholine rings is 1. The Morgan fingerprint density at radius 1 is 1.45 bits per heavy atom. The lowest BCUT2D eigenvalue weighted by Gasteiger charge is -2.30. The van der Waals surface area contributed by atoms with Crippen molar-refractivity contribution in [2.24, 2.45) is 0 Å². The summed E-state index contributed by atoms with van der Waals surface area (Å²) in [6, 6.07) is 4.13. The molecule has 2 rings (SSSR count). The van der Waals surface area contributed by atoms with E-state index < -0.39 is 16.0 Å². The van der Waals surface area contributed by atoms with Crippen LogP contribution in [0.3, 0.4) is 0 Å². The van der Waals surface area contributed by atoms with E-state index in [1.165, 1.54) is 22.5 Å². The van der Waals surface area contributed by atoms with Crippen LogP contribution in [-0.2, 0) is 14.8 Å². The highest BCUT2D eigenvalue weighted by Crippen LogP contribution is 2.23. The number of nitrogens with zero attached hydrogens (tertiary/aromatic N) is 1. The number of benzene rings is 1. The van der Waals surface area contributed by atoms with Gasteiger partial charge in [0.15, 0.2) is 0 Å². The maximum Gasteiger partial charge on any atom is 0.335 e.